The SMILES string of the molecule is C=C(CC)CC(=O)CSc1ccc(F)cc1. The molecule has 0 saturated heterocycles. The van der Waals surface area contributed by atoms with Crippen LogP contribution in [0.3, 0.4) is 0 Å². The van der Waals surface area contributed by atoms with Crippen LogP contribution in [0.5, 0.6) is 0 Å². The summed E-state index contributed by atoms with van der Waals surface area (Å²) in [5.74, 6) is 0.334. The summed E-state index contributed by atoms with van der Waals surface area (Å²) < 4.78 is 12.6. The number of Topliss-reactive ketones (excluding diaryl/α,β-unsaturated/α-hetero) is 1. The molecule has 1 nitrogen and oxygen atoms in total. The highest BCUT2D eigenvalue weighted by Gasteiger charge is 2.04. The summed E-state index contributed by atoms with van der Waals surface area (Å²) in [5, 5.41) is 0. The molecule has 16 heavy (non-hydrogen) atoms. The Morgan fingerprint density at radius 2 is 2.00 bits per heavy atom. The third-order valence-corrected chi connectivity index (χ3v) is 3.23. The maximum atomic E-state index is 12.6. The van der Waals surface area contributed by atoms with E-state index in [9.17, 15) is 9.18 Å². The molecule has 0 N–H and O–H groups in total. The molecule has 1 aromatic carbocycles. The zero-order chi connectivity index (χ0) is 12.0. The van der Waals surface area contributed by atoms with Crippen LogP contribution in [0.2, 0.25) is 0 Å². The van der Waals surface area contributed by atoms with E-state index < -0.39 is 0 Å². The van der Waals surface area contributed by atoms with E-state index in [-0.39, 0.29) is 11.6 Å². The zero-order valence-corrected chi connectivity index (χ0v) is 10.1. The molecule has 0 aliphatic rings. The Morgan fingerprint density at radius 3 is 2.56 bits per heavy atom. The number of carbonyl (C=O) groups excluding carboxylic acids is 1. The van der Waals surface area contributed by atoms with Crippen molar-refractivity contribution in [1.82, 2.24) is 0 Å². The van der Waals surface area contributed by atoms with E-state index in [4.69, 9.17) is 0 Å². The molecule has 0 atom stereocenters. The summed E-state index contributed by atoms with van der Waals surface area (Å²) in [4.78, 5) is 12.4. The summed E-state index contributed by atoms with van der Waals surface area (Å²) in [5.41, 5.74) is 0.963. The van der Waals surface area contributed by atoms with E-state index in [0.717, 1.165) is 16.9 Å². The first-order chi connectivity index (χ1) is 7.61. The fourth-order valence-electron chi connectivity index (χ4n) is 1.15. The van der Waals surface area contributed by atoms with Gasteiger partial charge in [-0.15, -0.1) is 11.8 Å². The second-order valence-electron chi connectivity index (χ2n) is 3.56. The predicted molar refractivity (Wildman–Crippen MR) is 66.2 cm³/mol. The van der Waals surface area contributed by atoms with Gasteiger partial charge in [-0.2, -0.15) is 0 Å². The lowest BCUT2D eigenvalue weighted by Gasteiger charge is -2.02. The van der Waals surface area contributed by atoms with Crippen molar-refractivity contribution < 1.29 is 9.18 Å². The quantitative estimate of drug-likeness (QED) is 0.553. The molecular formula is C13H15FOS. The number of hydrogen-bond acceptors (Lipinski definition) is 2. The molecule has 0 aromatic heterocycles. The molecule has 0 amide bonds. The molecule has 0 spiro atoms. The van der Waals surface area contributed by atoms with Crippen molar-refractivity contribution in [3.05, 3.63) is 42.2 Å². The molecule has 0 aliphatic carbocycles. The van der Waals surface area contributed by atoms with E-state index >= 15 is 0 Å². The summed E-state index contributed by atoms with van der Waals surface area (Å²) >= 11 is 1.43. The van der Waals surface area contributed by atoms with Crippen LogP contribution in [0.15, 0.2) is 41.3 Å². The Bertz CT molecular complexity index is 370. The highest BCUT2D eigenvalue weighted by Crippen LogP contribution is 2.19. The lowest BCUT2D eigenvalue weighted by atomic mass is 10.1. The standard InChI is InChI=1S/C13H15FOS/c1-3-10(2)8-12(15)9-16-13-6-4-11(14)5-7-13/h4-7H,2-3,8-9H2,1H3. The first-order valence-corrected chi connectivity index (χ1v) is 6.17. The molecule has 1 rings (SSSR count). The maximum absolute atomic E-state index is 12.6. The van der Waals surface area contributed by atoms with Crippen LogP contribution in [0, 0.1) is 5.82 Å². The number of benzene rings is 1. The molecule has 0 bridgehead atoms. The monoisotopic (exact) mass is 238 g/mol. The minimum atomic E-state index is -0.255. The Kier molecular flexibility index (Phi) is 5.26. The van der Waals surface area contributed by atoms with Crippen molar-refractivity contribution in [3.8, 4) is 0 Å². The summed E-state index contributed by atoms with van der Waals surface area (Å²) in [6.07, 6.45) is 1.29. The van der Waals surface area contributed by atoms with E-state index in [0.29, 0.717) is 12.2 Å². The van der Waals surface area contributed by atoms with Crippen LogP contribution in [0.1, 0.15) is 19.8 Å². The third-order valence-electron chi connectivity index (χ3n) is 2.16. The molecule has 0 saturated carbocycles. The normalized spacial score (nSPS) is 10.1. The Labute approximate surface area is 99.7 Å². The smallest absolute Gasteiger partial charge is 0.147 e. The molecular weight excluding hydrogens is 223 g/mol. The van der Waals surface area contributed by atoms with E-state index in [1.54, 1.807) is 12.1 Å². The van der Waals surface area contributed by atoms with Gasteiger partial charge in [-0.3, -0.25) is 4.79 Å². The maximum Gasteiger partial charge on any atom is 0.147 e. The van der Waals surface area contributed by atoms with Gasteiger partial charge in [0.15, 0.2) is 0 Å². The van der Waals surface area contributed by atoms with Gasteiger partial charge >= 0.3 is 0 Å². The van der Waals surface area contributed by atoms with Gasteiger partial charge < -0.3 is 0 Å². The van der Waals surface area contributed by atoms with Gasteiger partial charge in [0, 0.05) is 11.3 Å². The topological polar surface area (TPSA) is 17.1 Å². The van der Waals surface area contributed by atoms with Crippen LogP contribution in [0.25, 0.3) is 0 Å². The number of rotatable bonds is 6. The van der Waals surface area contributed by atoms with Gasteiger partial charge in [0.05, 0.1) is 5.75 Å². The number of carbonyl (C=O) groups is 1. The van der Waals surface area contributed by atoms with Crippen molar-refractivity contribution >= 4 is 17.5 Å². The van der Waals surface area contributed by atoms with Crippen LogP contribution < -0.4 is 0 Å². The predicted octanol–water partition coefficient (Wildman–Crippen LogP) is 3.84. The third kappa shape index (κ3) is 4.62. The van der Waals surface area contributed by atoms with Gasteiger partial charge in [-0.1, -0.05) is 19.1 Å². The number of thioether (sulfide) groups is 1. The molecule has 0 aliphatic heterocycles. The van der Waals surface area contributed by atoms with E-state index in [2.05, 4.69) is 6.58 Å². The van der Waals surface area contributed by atoms with Crippen molar-refractivity contribution in [3.63, 3.8) is 0 Å². The van der Waals surface area contributed by atoms with Crippen LogP contribution in [-0.4, -0.2) is 11.5 Å². The number of allylic oxidation sites excluding steroid dienone is 1. The first kappa shape index (κ1) is 13.0. The highest BCUT2D eigenvalue weighted by molar-refractivity contribution is 8.00. The van der Waals surface area contributed by atoms with Crippen LogP contribution in [-0.2, 0) is 4.79 Å². The van der Waals surface area contributed by atoms with E-state index in [1.165, 1.54) is 23.9 Å². The van der Waals surface area contributed by atoms with Gasteiger partial charge in [-0.05, 0) is 30.7 Å². The highest BCUT2D eigenvalue weighted by atomic mass is 32.2. The van der Waals surface area contributed by atoms with Gasteiger partial charge in [0.2, 0.25) is 0 Å². The second kappa shape index (κ2) is 6.48. The Hall–Kier alpha value is -1.09. The van der Waals surface area contributed by atoms with Crippen molar-refractivity contribution in [2.45, 2.75) is 24.7 Å². The number of ketones is 1. The first-order valence-electron chi connectivity index (χ1n) is 5.18. The number of hydrogen-bond donors (Lipinski definition) is 0. The lowest BCUT2D eigenvalue weighted by Crippen LogP contribution is -2.02. The van der Waals surface area contributed by atoms with Crippen molar-refractivity contribution in [2.24, 2.45) is 0 Å². The fourth-order valence-corrected chi connectivity index (χ4v) is 1.91. The minimum Gasteiger partial charge on any atom is -0.298 e. The zero-order valence-electron chi connectivity index (χ0n) is 9.33. The Balaban J connectivity index is 2.37. The minimum absolute atomic E-state index is 0.168. The summed E-state index contributed by atoms with van der Waals surface area (Å²) in [6.45, 7) is 5.79. The lowest BCUT2D eigenvalue weighted by molar-refractivity contribution is -0.116. The molecule has 1 aromatic rings. The summed E-state index contributed by atoms with van der Waals surface area (Å²) in [6, 6.07) is 6.17. The van der Waals surface area contributed by atoms with Crippen LogP contribution in [0.4, 0.5) is 4.39 Å². The summed E-state index contributed by atoms with van der Waals surface area (Å²) in [7, 11) is 0. The molecule has 0 fully saturated rings. The van der Waals surface area contributed by atoms with Crippen LogP contribution >= 0.6 is 11.8 Å². The van der Waals surface area contributed by atoms with Gasteiger partial charge in [0.1, 0.15) is 11.6 Å². The molecule has 86 valence electrons. The average molecular weight is 238 g/mol. The average Bonchev–Trinajstić information content (AvgIpc) is 2.28. The molecule has 0 radical (unpaired) electrons. The largest absolute Gasteiger partial charge is 0.298 e. The van der Waals surface area contributed by atoms with Crippen molar-refractivity contribution in [1.29, 1.82) is 0 Å². The fraction of sp³-hybridized carbons (Fsp3) is 0.308. The van der Waals surface area contributed by atoms with Gasteiger partial charge in [-0.25, -0.2) is 4.39 Å². The van der Waals surface area contributed by atoms with Crippen molar-refractivity contribution in [2.75, 3.05) is 5.75 Å². The molecule has 0 heterocycles. The number of halogens is 1. The molecule has 3 heteroatoms. The Morgan fingerprint density at radius 1 is 1.38 bits per heavy atom. The van der Waals surface area contributed by atoms with Gasteiger partial charge in [0.25, 0.3) is 0 Å². The second-order valence-corrected chi connectivity index (χ2v) is 4.61. The molecule has 0 unspecified atom stereocenters. The van der Waals surface area contributed by atoms with E-state index in [1.807, 2.05) is 6.92 Å².